The highest BCUT2D eigenvalue weighted by molar-refractivity contribution is 5.29. The van der Waals surface area contributed by atoms with Gasteiger partial charge in [-0.05, 0) is 24.7 Å². The summed E-state index contributed by atoms with van der Waals surface area (Å²) in [4.78, 5) is 0. The Morgan fingerprint density at radius 3 is 1.08 bits per heavy atom. The normalized spacial score (nSPS) is 30.8. The van der Waals surface area contributed by atoms with Crippen molar-refractivity contribution in [1.82, 2.24) is 0 Å². The minimum atomic E-state index is -8.08. The molecule has 18 heteroatoms. The second-order valence-electron chi connectivity index (χ2n) is 8.97. The Bertz CT molecular complexity index is 749. The largest absolute Gasteiger partial charge is 0.457 e. The summed E-state index contributed by atoms with van der Waals surface area (Å²) in [6.07, 6.45) is -39.3. The van der Waals surface area contributed by atoms with Crippen LogP contribution < -0.4 is 0 Å². The number of fused-ring (bicyclic) bond motifs is 1. The lowest BCUT2D eigenvalue weighted by atomic mass is 9.44. The molecule has 0 nitrogen and oxygen atoms in total. The lowest BCUT2D eigenvalue weighted by molar-refractivity contribution is -0.479. The Balaban J connectivity index is 3.27. The maximum absolute atomic E-state index is 15.8. The second-order valence-corrected chi connectivity index (χ2v) is 8.97. The van der Waals surface area contributed by atoms with Crippen molar-refractivity contribution in [2.75, 3.05) is 0 Å². The van der Waals surface area contributed by atoms with E-state index in [-0.39, 0.29) is 6.42 Å². The summed E-state index contributed by atoms with van der Waals surface area (Å²) in [6.45, 7) is 0. The predicted octanol–water partition coefficient (Wildman–Crippen LogP) is 8.90. The smallest absolute Gasteiger partial charge is 0.226 e. The minimum absolute atomic E-state index is 0.181. The maximum atomic E-state index is 15.8. The van der Waals surface area contributed by atoms with E-state index in [1.807, 2.05) is 0 Å². The highest BCUT2D eigenvalue weighted by Crippen LogP contribution is 2.76. The van der Waals surface area contributed by atoms with Crippen LogP contribution in [0, 0.1) is 17.3 Å². The van der Waals surface area contributed by atoms with Gasteiger partial charge in [-0.2, -0.15) is 70.2 Å². The highest BCUT2D eigenvalue weighted by Gasteiger charge is 2.99. The summed E-state index contributed by atoms with van der Waals surface area (Å²) in [5.74, 6) is -21.5. The molecule has 0 aromatic rings. The molecule has 0 N–H and O–H groups in total. The molecule has 2 fully saturated rings. The molecular weight excluding hydrogens is 558 g/mol. The van der Waals surface area contributed by atoms with E-state index in [2.05, 4.69) is 0 Å². The van der Waals surface area contributed by atoms with E-state index in [0.717, 1.165) is 0 Å². The fraction of sp³-hybridized carbons (Fsp3) is 1.00. The molecule has 2 rings (SSSR count). The van der Waals surface area contributed by atoms with E-state index in [1.54, 1.807) is 0 Å². The molecular formula is C18H16F18. The quantitative estimate of drug-likeness (QED) is 0.294. The molecule has 2 aliphatic carbocycles. The molecule has 214 valence electrons. The van der Waals surface area contributed by atoms with Crippen LogP contribution in [0.3, 0.4) is 0 Å². The topological polar surface area (TPSA) is 0 Å². The third-order valence-corrected chi connectivity index (χ3v) is 7.28. The Hall–Kier alpha value is -1.26. The van der Waals surface area contributed by atoms with Crippen LogP contribution in [0.15, 0.2) is 0 Å². The van der Waals surface area contributed by atoms with Gasteiger partial charge in [-0.1, -0.05) is 32.1 Å². The van der Waals surface area contributed by atoms with E-state index in [9.17, 15) is 70.2 Å². The zero-order chi connectivity index (χ0) is 28.6. The molecule has 0 aromatic heterocycles. The van der Waals surface area contributed by atoms with Crippen molar-refractivity contribution in [3.8, 4) is 0 Å². The van der Waals surface area contributed by atoms with Gasteiger partial charge < -0.3 is 0 Å². The molecule has 0 bridgehead atoms. The van der Waals surface area contributed by atoms with Crippen molar-refractivity contribution in [3.63, 3.8) is 0 Å². The van der Waals surface area contributed by atoms with E-state index >= 15 is 8.78 Å². The molecule has 4 unspecified atom stereocenters. The Labute approximate surface area is 190 Å². The van der Waals surface area contributed by atoms with E-state index in [4.69, 9.17) is 0 Å². The first-order chi connectivity index (χ1) is 15.7. The first kappa shape index (κ1) is 31.0. The molecule has 2 saturated carbocycles. The predicted molar refractivity (Wildman–Crippen MR) is 83.5 cm³/mol. The van der Waals surface area contributed by atoms with Crippen LogP contribution in [0.2, 0.25) is 0 Å². The molecule has 0 heterocycles. The van der Waals surface area contributed by atoms with Crippen LogP contribution >= 0.6 is 0 Å². The van der Waals surface area contributed by atoms with Crippen LogP contribution in [0.1, 0.15) is 44.9 Å². The molecule has 4 atom stereocenters. The van der Waals surface area contributed by atoms with E-state index < -0.39 is 104 Å². The number of halogens is 18. The lowest BCUT2D eigenvalue weighted by Gasteiger charge is -2.63. The molecule has 0 saturated heterocycles. The summed E-state index contributed by atoms with van der Waals surface area (Å²) in [7, 11) is 0. The third kappa shape index (κ3) is 3.67. The van der Waals surface area contributed by atoms with Gasteiger partial charge in [0, 0.05) is 0 Å². The molecule has 0 amide bonds. The van der Waals surface area contributed by atoms with Crippen LogP contribution in [-0.2, 0) is 0 Å². The first-order valence-corrected chi connectivity index (χ1v) is 10.1. The van der Waals surface area contributed by atoms with Crippen molar-refractivity contribution in [2.24, 2.45) is 17.3 Å². The Morgan fingerprint density at radius 1 is 0.417 bits per heavy atom. The SMILES string of the molecule is FC(F)(F)C(F)(F)C(F)(C(F)(F)F)C1(C(F)(C(F)(F)F)C(F)(F)C(F)(F)F)CCCC2CCCCC21. The number of rotatable bonds is 4. The molecule has 0 radical (unpaired) electrons. The van der Waals surface area contributed by atoms with Gasteiger partial charge >= 0.3 is 36.6 Å². The number of hydrogen-bond acceptors (Lipinski definition) is 0. The highest BCUT2D eigenvalue weighted by atomic mass is 19.4. The third-order valence-electron chi connectivity index (χ3n) is 7.28. The zero-order valence-electron chi connectivity index (χ0n) is 17.4. The van der Waals surface area contributed by atoms with Gasteiger partial charge in [0.1, 0.15) is 0 Å². The average Bonchev–Trinajstić information content (AvgIpc) is 2.68. The second kappa shape index (κ2) is 8.37. The van der Waals surface area contributed by atoms with Crippen LogP contribution in [0.25, 0.3) is 0 Å². The number of hydrogen-bond donors (Lipinski definition) is 0. The van der Waals surface area contributed by atoms with E-state index in [0.29, 0.717) is 0 Å². The van der Waals surface area contributed by atoms with Crippen molar-refractivity contribution in [2.45, 2.75) is 92.8 Å². The van der Waals surface area contributed by atoms with Gasteiger partial charge in [-0.3, -0.25) is 0 Å². The standard InChI is InChI=1S/C18H16F18/c19-11(15(25,26)27,13(21,22)17(31,32)33)10(7-3-5-8-4-1-2-6-9(8)10)12(20,16(28,29)30)14(23,24)18(34,35)36/h8-9H,1-7H2. The summed E-state index contributed by atoms with van der Waals surface area (Å²) >= 11 is 0. The van der Waals surface area contributed by atoms with Crippen molar-refractivity contribution >= 4 is 0 Å². The molecule has 0 aliphatic heterocycles. The molecule has 0 aromatic carbocycles. The van der Waals surface area contributed by atoms with Gasteiger partial charge in [0.2, 0.25) is 0 Å². The van der Waals surface area contributed by atoms with Gasteiger partial charge in [0.15, 0.2) is 0 Å². The van der Waals surface area contributed by atoms with Gasteiger partial charge in [-0.15, -0.1) is 0 Å². The Morgan fingerprint density at radius 2 is 0.750 bits per heavy atom. The van der Waals surface area contributed by atoms with Gasteiger partial charge in [0.05, 0.1) is 5.41 Å². The monoisotopic (exact) mass is 574 g/mol. The Kier molecular flexibility index (Phi) is 7.20. The van der Waals surface area contributed by atoms with Crippen molar-refractivity contribution in [3.05, 3.63) is 0 Å². The minimum Gasteiger partial charge on any atom is -0.226 e. The average molecular weight is 574 g/mol. The van der Waals surface area contributed by atoms with Crippen molar-refractivity contribution in [1.29, 1.82) is 0 Å². The summed E-state index contributed by atoms with van der Waals surface area (Å²) in [5.41, 5.74) is -22.1. The summed E-state index contributed by atoms with van der Waals surface area (Å²) < 4.78 is 251. The van der Waals surface area contributed by atoms with Gasteiger partial charge in [-0.25, -0.2) is 8.78 Å². The molecule has 0 spiro atoms. The fourth-order valence-corrected chi connectivity index (χ4v) is 5.94. The summed E-state index contributed by atoms with van der Waals surface area (Å²) in [6, 6.07) is 0. The lowest BCUT2D eigenvalue weighted by Crippen LogP contribution is -2.84. The maximum Gasteiger partial charge on any atom is 0.457 e. The zero-order valence-corrected chi connectivity index (χ0v) is 17.4. The van der Waals surface area contributed by atoms with Crippen LogP contribution in [-0.4, -0.2) is 47.9 Å². The van der Waals surface area contributed by atoms with Gasteiger partial charge in [0.25, 0.3) is 11.3 Å². The fourth-order valence-electron chi connectivity index (χ4n) is 5.94. The van der Waals surface area contributed by atoms with Crippen LogP contribution in [0.4, 0.5) is 79.0 Å². The van der Waals surface area contributed by atoms with Crippen molar-refractivity contribution < 1.29 is 79.0 Å². The van der Waals surface area contributed by atoms with Crippen LogP contribution in [0.5, 0.6) is 0 Å². The summed E-state index contributed by atoms with van der Waals surface area (Å²) in [5, 5.41) is 0. The number of alkyl halides is 18. The molecule has 36 heavy (non-hydrogen) atoms. The first-order valence-electron chi connectivity index (χ1n) is 10.1. The molecule has 2 aliphatic rings. The van der Waals surface area contributed by atoms with E-state index in [1.165, 1.54) is 0 Å².